The zero-order valence-electron chi connectivity index (χ0n) is 8.55. The largest absolute Gasteiger partial charge is 0.462 e. The molecule has 1 aromatic rings. The predicted octanol–water partition coefficient (Wildman–Crippen LogP) is 3.14. The van der Waals surface area contributed by atoms with Crippen LogP contribution in [-0.4, -0.2) is 18.8 Å². The van der Waals surface area contributed by atoms with Crippen LogP contribution >= 0.6 is 15.9 Å². The Bertz CT molecular complexity index is 421. The van der Waals surface area contributed by atoms with Crippen LogP contribution in [0.25, 0.3) is 0 Å². The third kappa shape index (κ3) is 4.64. The molecule has 0 radical (unpaired) electrons. The van der Waals surface area contributed by atoms with Crippen molar-refractivity contribution < 1.29 is 22.7 Å². The summed E-state index contributed by atoms with van der Waals surface area (Å²) in [6, 6.07) is 4.27. The van der Waals surface area contributed by atoms with Gasteiger partial charge in [0.05, 0.1) is 12.0 Å². The van der Waals surface area contributed by atoms with E-state index >= 15 is 0 Å². The van der Waals surface area contributed by atoms with Crippen LogP contribution in [0.2, 0.25) is 0 Å². The van der Waals surface area contributed by atoms with E-state index in [1.807, 2.05) is 0 Å². The van der Waals surface area contributed by atoms with Crippen LogP contribution in [-0.2, 0) is 4.74 Å². The fourth-order valence-corrected chi connectivity index (χ4v) is 1.26. The lowest BCUT2D eigenvalue weighted by Gasteiger charge is -2.08. The molecule has 0 aromatic heterocycles. The lowest BCUT2D eigenvalue weighted by molar-refractivity contribution is -0.141. The number of hydrogen-bond donors (Lipinski definition) is 1. The van der Waals surface area contributed by atoms with Crippen LogP contribution in [0, 0.1) is 0 Å². The highest BCUT2D eigenvalue weighted by molar-refractivity contribution is 9.10. The van der Waals surface area contributed by atoms with Gasteiger partial charge in [0.15, 0.2) is 0 Å². The van der Waals surface area contributed by atoms with Crippen LogP contribution in [0.3, 0.4) is 0 Å². The number of esters is 1. The molecule has 0 amide bonds. The molecule has 0 atom stereocenters. The van der Waals surface area contributed by atoms with Crippen molar-refractivity contribution in [3.8, 4) is 0 Å². The summed E-state index contributed by atoms with van der Waals surface area (Å²) in [6.45, 7) is -0.696. The summed E-state index contributed by atoms with van der Waals surface area (Å²) in [6.07, 6.45) is -5.50. The normalized spacial score (nSPS) is 11.3. The van der Waals surface area contributed by atoms with Crippen LogP contribution in [0.5, 0.6) is 0 Å². The molecule has 0 aliphatic rings. The van der Waals surface area contributed by atoms with Gasteiger partial charge in [0.1, 0.15) is 6.61 Å². The van der Waals surface area contributed by atoms with Crippen molar-refractivity contribution in [1.82, 2.24) is 0 Å². The van der Waals surface area contributed by atoms with Crippen molar-refractivity contribution in [2.75, 3.05) is 12.3 Å². The maximum Gasteiger partial charge on any atom is 0.392 e. The number of hydrogen-bond acceptors (Lipinski definition) is 3. The Kier molecular flexibility index (Phi) is 4.39. The van der Waals surface area contributed by atoms with Gasteiger partial charge in [0.25, 0.3) is 0 Å². The van der Waals surface area contributed by atoms with Crippen molar-refractivity contribution in [1.29, 1.82) is 0 Å². The molecule has 1 rings (SSSR count). The molecule has 0 bridgehead atoms. The number of carbonyl (C=O) groups excluding carboxylic acids is 1. The van der Waals surface area contributed by atoms with Gasteiger partial charge in [0, 0.05) is 10.2 Å². The van der Waals surface area contributed by atoms with Crippen molar-refractivity contribution in [3.05, 3.63) is 28.2 Å². The molecule has 0 fully saturated rings. The third-order valence-electron chi connectivity index (χ3n) is 1.85. The second-order valence-electron chi connectivity index (χ2n) is 3.24. The highest BCUT2D eigenvalue weighted by Gasteiger charge is 2.27. The minimum Gasteiger partial charge on any atom is -0.462 e. The standard InChI is InChI=1S/C10H9BrF3NO2/c11-7-2-1-6(5-8(7)15)9(16)17-4-3-10(12,13)14/h1-2,5H,3-4,15H2. The molecule has 2 N–H and O–H groups in total. The van der Waals surface area contributed by atoms with E-state index in [1.165, 1.54) is 18.2 Å². The van der Waals surface area contributed by atoms with Crippen LogP contribution in [0.15, 0.2) is 22.7 Å². The minimum atomic E-state index is -4.33. The number of anilines is 1. The fraction of sp³-hybridized carbons (Fsp3) is 0.300. The number of benzene rings is 1. The number of carbonyl (C=O) groups is 1. The first-order chi connectivity index (χ1) is 7.79. The monoisotopic (exact) mass is 311 g/mol. The highest BCUT2D eigenvalue weighted by atomic mass is 79.9. The van der Waals surface area contributed by atoms with Gasteiger partial charge in [-0.3, -0.25) is 0 Å². The van der Waals surface area contributed by atoms with Crippen LogP contribution in [0.1, 0.15) is 16.8 Å². The highest BCUT2D eigenvalue weighted by Crippen LogP contribution is 2.22. The predicted molar refractivity (Wildman–Crippen MR) is 59.5 cm³/mol. The summed E-state index contributed by atoms with van der Waals surface area (Å²) in [7, 11) is 0. The quantitative estimate of drug-likeness (QED) is 0.689. The molecule has 1 aromatic carbocycles. The Hall–Kier alpha value is -1.24. The van der Waals surface area contributed by atoms with E-state index in [0.29, 0.717) is 10.2 Å². The zero-order valence-corrected chi connectivity index (χ0v) is 10.1. The summed E-state index contributed by atoms with van der Waals surface area (Å²) < 4.78 is 40.5. The maximum absolute atomic E-state index is 11.8. The van der Waals surface area contributed by atoms with E-state index in [4.69, 9.17) is 5.73 Å². The number of ether oxygens (including phenoxy) is 1. The molecule has 0 aliphatic carbocycles. The molecule has 0 unspecified atom stereocenters. The van der Waals surface area contributed by atoms with Crippen LogP contribution < -0.4 is 5.73 Å². The summed E-state index contributed by atoms with van der Waals surface area (Å²) >= 11 is 3.13. The summed E-state index contributed by atoms with van der Waals surface area (Å²) in [5.74, 6) is -0.826. The molecule has 0 saturated carbocycles. The van der Waals surface area contributed by atoms with Crippen molar-refractivity contribution in [3.63, 3.8) is 0 Å². The number of alkyl halides is 3. The Balaban J connectivity index is 2.56. The molecule has 0 saturated heterocycles. The molecule has 3 nitrogen and oxygen atoms in total. The third-order valence-corrected chi connectivity index (χ3v) is 2.57. The Morgan fingerprint density at radius 3 is 2.59 bits per heavy atom. The summed E-state index contributed by atoms with van der Waals surface area (Å²) in [4.78, 5) is 11.3. The van der Waals surface area contributed by atoms with E-state index < -0.39 is 25.2 Å². The minimum absolute atomic E-state index is 0.118. The molecule has 0 spiro atoms. The van der Waals surface area contributed by atoms with E-state index in [1.54, 1.807) is 0 Å². The first kappa shape index (κ1) is 13.8. The van der Waals surface area contributed by atoms with Gasteiger partial charge in [0.2, 0.25) is 0 Å². The lowest BCUT2D eigenvalue weighted by Crippen LogP contribution is -2.14. The topological polar surface area (TPSA) is 52.3 Å². The second-order valence-corrected chi connectivity index (χ2v) is 4.09. The zero-order chi connectivity index (χ0) is 13.1. The first-order valence-electron chi connectivity index (χ1n) is 4.58. The van der Waals surface area contributed by atoms with Gasteiger partial charge in [-0.2, -0.15) is 13.2 Å². The van der Waals surface area contributed by atoms with Gasteiger partial charge in [-0.25, -0.2) is 4.79 Å². The summed E-state index contributed by atoms with van der Waals surface area (Å²) in [5.41, 5.74) is 5.96. The Morgan fingerprint density at radius 2 is 2.06 bits per heavy atom. The van der Waals surface area contributed by atoms with E-state index in [9.17, 15) is 18.0 Å². The first-order valence-corrected chi connectivity index (χ1v) is 5.38. The Labute approximate surface area is 104 Å². The molecule has 17 heavy (non-hydrogen) atoms. The van der Waals surface area contributed by atoms with Gasteiger partial charge in [-0.05, 0) is 34.1 Å². The average molecular weight is 312 g/mol. The van der Waals surface area contributed by atoms with Gasteiger partial charge >= 0.3 is 12.1 Å². The lowest BCUT2D eigenvalue weighted by atomic mass is 10.2. The SMILES string of the molecule is Nc1cc(C(=O)OCCC(F)(F)F)ccc1Br. The number of rotatable bonds is 3. The van der Waals surface area contributed by atoms with Crippen molar-refractivity contribution >= 4 is 27.6 Å². The Morgan fingerprint density at radius 1 is 1.41 bits per heavy atom. The van der Waals surface area contributed by atoms with E-state index in [-0.39, 0.29) is 5.56 Å². The van der Waals surface area contributed by atoms with Gasteiger partial charge < -0.3 is 10.5 Å². The van der Waals surface area contributed by atoms with Crippen molar-refractivity contribution in [2.45, 2.75) is 12.6 Å². The van der Waals surface area contributed by atoms with Crippen molar-refractivity contribution in [2.24, 2.45) is 0 Å². The van der Waals surface area contributed by atoms with E-state index in [2.05, 4.69) is 20.7 Å². The second kappa shape index (κ2) is 5.39. The number of nitrogens with two attached hydrogens (primary N) is 1. The number of halogens is 4. The summed E-state index contributed by atoms with van der Waals surface area (Å²) in [5, 5.41) is 0. The average Bonchev–Trinajstić information content (AvgIpc) is 2.20. The number of nitrogen functional groups attached to an aromatic ring is 1. The molecule has 0 aliphatic heterocycles. The maximum atomic E-state index is 11.8. The van der Waals surface area contributed by atoms with E-state index in [0.717, 1.165) is 0 Å². The molecule has 7 heteroatoms. The smallest absolute Gasteiger partial charge is 0.392 e. The molecule has 94 valence electrons. The molecular weight excluding hydrogens is 303 g/mol. The molecule has 0 heterocycles. The molecular formula is C10H9BrF3NO2. The van der Waals surface area contributed by atoms with Gasteiger partial charge in [-0.1, -0.05) is 0 Å². The van der Waals surface area contributed by atoms with Gasteiger partial charge in [-0.15, -0.1) is 0 Å². The fourth-order valence-electron chi connectivity index (χ4n) is 1.01. The van der Waals surface area contributed by atoms with Crippen LogP contribution in [0.4, 0.5) is 18.9 Å².